The number of imidazole rings is 1. The number of ether oxygens (including phenoxy) is 1. The smallest absolute Gasteiger partial charge is 0.408 e. The van der Waals surface area contributed by atoms with Gasteiger partial charge in [-0.2, -0.15) is 0 Å². The van der Waals surface area contributed by atoms with E-state index in [4.69, 9.17) is 4.74 Å². The van der Waals surface area contributed by atoms with E-state index in [9.17, 15) is 9.59 Å². The van der Waals surface area contributed by atoms with Crippen molar-refractivity contribution in [1.82, 2.24) is 14.9 Å². The summed E-state index contributed by atoms with van der Waals surface area (Å²) < 4.78 is 6.61. The molecule has 1 unspecified atom stereocenters. The van der Waals surface area contributed by atoms with Gasteiger partial charge in [0.2, 0.25) is 6.41 Å². The lowest BCUT2D eigenvalue weighted by Crippen LogP contribution is -2.41. The highest BCUT2D eigenvalue weighted by molar-refractivity contribution is 5.68. The number of hydrogen-bond donors (Lipinski definition) is 1. The molecule has 0 radical (unpaired) electrons. The van der Waals surface area contributed by atoms with E-state index in [-0.39, 0.29) is 5.41 Å². The predicted molar refractivity (Wildman–Crippen MR) is 75.9 cm³/mol. The minimum atomic E-state index is -0.577. The van der Waals surface area contributed by atoms with E-state index in [1.54, 1.807) is 27.0 Å². The second-order valence-corrected chi connectivity index (χ2v) is 6.74. The van der Waals surface area contributed by atoms with Crippen molar-refractivity contribution < 1.29 is 14.3 Å². The summed E-state index contributed by atoms with van der Waals surface area (Å²) in [5, 5.41) is 2.79. The Morgan fingerprint density at radius 1 is 1.35 bits per heavy atom. The minimum Gasteiger partial charge on any atom is -0.444 e. The van der Waals surface area contributed by atoms with E-state index in [1.165, 1.54) is 10.8 Å². The van der Waals surface area contributed by atoms with Gasteiger partial charge >= 0.3 is 6.09 Å². The maximum Gasteiger partial charge on any atom is 0.408 e. The maximum atomic E-state index is 12.0. The normalized spacial score (nSPS) is 13.7. The highest BCUT2D eigenvalue weighted by atomic mass is 16.6. The number of alkyl carbamates (subject to hydrolysis) is 1. The van der Waals surface area contributed by atoms with Crippen molar-refractivity contribution in [1.29, 1.82) is 0 Å². The lowest BCUT2D eigenvalue weighted by atomic mass is 9.86. The molecule has 0 saturated heterocycles. The van der Waals surface area contributed by atoms with Crippen LogP contribution in [0.3, 0.4) is 0 Å². The number of nitrogens with one attached hydrogen (secondary N) is 1. The molecule has 0 aliphatic heterocycles. The summed E-state index contributed by atoms with van der Waals surface area (Å²) in [5.74, 6) is 0.485. The maximum absolute atomic E-state index is 12.0. The SMILES string of the molecule is CC(C)(C)OC(=O)NC(c1nccn1C=O)C(C)(C)C. The van der Waals surface area contributed by atoms with E-state index < -0.39 is 17.7 Å². The Morgan fingerprint density at radius 3 is 2.40 bits per heavy atom. The third-order valence-electron chi connectivity index (χ3n) is 2.60. The van der Waals surface area contributed by atoms with Crippen molar-refractivity contribution in [2.45, 2.75) is 53.2 Å². The predicted octanol–water partition coefficient (Wildman–Crippen LogP) is 2.53. The van der Waals surface area contributed by atoms with Crippen LogP contribution in [0, 0.1) is 5.41 Å². The third-order valence-corrected chi connectivity index (χ3v) is 2.60. The molecule has 0 bridgehead atoms. The van der Waals surface area contributed by atoms with Gasteiger partial charge < -0.3 is 10.1 Å². The first-order chi connectivity index (χ1) is 9.04. The molecule has 0 aliphatic rings. The van der Waals surface area contributed by atoms with Gasteiger partial charge in [-0.05, 0) is 26.2 Å². The van der Waals surface area contributed by atoms with E-state index in [1.807, 2.05) is 20.8 Å². The van der Waals surface area contributed by atoms with Gasteiger partial charge in [-0.3, -0.25) is 9.36 Å². The molecule has 6 heteroatoms. The summed E-state index contributed by atoms with van der Waals surface area (Å²) in [7, 11) is 0. The first kappa shape index (κ1) is 16.2. The average Bonchev–Trinajstić information content (AvgIpc) is 2.69. The first-order valence-corrected chi connectivity index (χ1v) is 6.52. The van der Waals surface area contributed by atoms with Crippen LogP contribution >= 0.6 is 0 Å². The number of carbonyl (C=O) groups is 2. The van der Waals surface area contributed by atoms with E-state index in [0.29, 0.717) is 12.2 Å². The van der Waals surface area contributed by atoms with E-state index >= 15 is 0 Å². The van der Waals surface area contributed by atoms with Crippen LogP contribution in [-0.4, -0.2) is 27.7 Å². The molecular formula is C14H23N3O3. The van der Waals surface area contributed by atoms with Crippen molar-refractivity contribution >= 4 is 12.5 Å². The molecular weight excluding hydrogens is 258 g/mol. The van der Waals surface area contributed by atoms with Crippen molar-refractivity contribution in [2.24, 2.45) is 5.41 Å². The Morgan fingerprint density at radius 2 is 1.95 bits per heavy atom. The first-order valence-electron chi connectivity index (χ1n) is 6.52. The van der Waals surface area contributed by atoms with Crippen LogP contribution in [0.2, 0.25) is 0 Å². The Labute approximate surface area is 119 Å². The average molecular weight is 281 g/mol. The van der Waals surface area contributed by atoms with Crippen LogP contribution < -0.4 is 5.32 Å². The lowest BCUT2D eigenvalue weighted by molar-refractivity contribution is 0.0457. The number of aromatic nitrogens is 2. The molecule has 1 heterocycles. The Kier molecular flexibility index (Phi) is 4.57. The highest BCUT2D eigenvalue weighted by Gasteiger charge is 2.32. The minimum absolute atomic E-state index is 0.316. The van der Waals surface area contributed by atoms with Gasteiger partial charge in [0.15, 0.2) is 0 Å². The molecule has 112 valence electrons. The molecule has 1 amide bonds. The Hall–Kier alpha value is -1.85. The van der Waals surface area contributed by atoms with Crippen LogP contribution in [0.5, 0.6) is 0 Å². The van der Waals surface area contributed by atoms with Crippen molar-refractivity contribution in [2.75, 3.05) is 0 Å². The Bertz CT molecular complexity index is 481. The third kappa shape index (κ3) is 4.36. The summed E-state index contributed by atoms with van der Waals surface area (Å²) in [6, 6.07) is -0.433. The zero-order valence-electron chi connectivity index (χ0n) is 12.9. The van der Waals surface area contributed by atoms with Crippen LogP contribution in [0.25, 0.3) is 0 Å². The largest absolute Gasteiger partial charge is 0.444 e. The molecule has 0 fully saturated rings. The topological polar surface area (TPSA) is 73.2 Å². The second-order valence-electron chi connectivity index (χ2n) is 6.74. The Balaban J connectivity index is 2.98. The monoisotopic (exact) mass is 281 g/mol. The van der Waals surface area contributed by atoms with Gasteiger partial charge in [0, 0.05) is 12.4 Å². The van der Waals surface area contributed by atoms with Gasteiger partial charge in [-0.1, -0.05) is 20.8 Å². The fraction of sp³-hybridized carbons (Fsp3) is 0.643. The molecule has 0 saturated carbocycles. The molecule has 1 atom stereocenters. The summed E-state index contributed by atoms with van der Waals surface area (Å²) in [6.07, 6.45) is 3.22. The summed E-state index contributed by atoms with van der Waals surface area (Å²) in [5.41, 5.74) is -0.893. The van der Waals surface area contributed by atoms with Gasteiger partial charge in [0.1, 0.15) is 11.4 Å². The fourth-order valence-electron chi connectivity index (χ4n) is 1.73. The zero-order chi connectivity index (χ0) is 15.6. The van der Waals surface area contributed by atoms with Gasteiger partial charge in [0.25, 0.3) is 0 Å². The van der Waals surface area contributed by atoms with Crippen molar-refractivity contribution in [3.63, 3.8) is 0 Å². The quantitative estimate of drug-likeness (QED) is 0.864. The summed E-state index contributed by atoms with van der Waals surface area (Å²) >= 11 is 0. The molecule has 1 N–H and O–H groups in total. The summed E-state index contributed by atoms with van der Waals surface area (Å²) in [6.45, 7) is 11.3. The zero-order valence-corrected chi connectivity index (χ0v) is 12.9. The highest BCUT2D eigenvalue weighted by Crippen LogP contribution is 2.31. The fourth-order valence-corrected chi connectivity index (χ4v) is 1.73. The molecule has 20 heavy (non-hydrogen) atoms. The number of rotatable bonds is 3. The van der Waals surface area contributed by atoms with Crippen LogP contribution in [0.1, 0.15) is 53.4 Å². The molecule has 1 rings (SSSR count). The van der Waals surface area contributed by atoms with Crippen molar-refractivity contribution in [3.05, 3.63) is 18.2 Å². The molecule has 1 aromatic heterocycles. The van der Waals surface area contributed by atoms with Gasteiger partial charge in [-0.15, -0.1) is 0 Å². The molecule has 0 aromatic carbocycles. The van der Waals surface area contributed by atoms with Crippen LogP contribution in [0.15, 0.2) is 12.4 Å². The summed E-state index contributed by atoms with van der Waals surface area (Å²) in [4.78, 5) is 27.1. The van der Waals surface area contributed by atoms with Crippen molar-refractivity contribution in [3.8, 4) is 0 Å². The number of hydrogen-bond acceptors (Lipinski definition) is 4. The van der Waals surface area contributed by atoms with E-state index in [0.717, 1.165) is 0 Å². The molecule has 1 aromatic rings. The second kappa shape index (κ2) is 5.64. The molecule has 0 spiro atoms. The number of amides is 1. The van der Waals surface area contributed by atoms with Gasteiger partial charge in [-0.25, -0.2) is 9.78 Å². The standard InChI is InChI=1S/C14H23N3O3/c1-13(2,3)10(11-15-7-8-17(11)9-18)16-12(19)20-14(4,5)6/h7-10H,1-6H3,(H,16,19). The number of nitrogens with zero attached hydrogens (tertiary/aromatic N) is 2. The molecule has 0 aliphatic carbocycles. The number of carbonyl (C=O) groups excluding carboxylic acids is 2. The molecule has 6 nitrogen and oxygen atoms in total. The van der Waals surface area contributed by atoms with Crippen LogP contribution in [-0.2, 0) is 9.53 Å². The van der Waals surface area contributed by atoms with E-state index in [2.05, 4.69) is 10.3 Å². The van der Waals surface area contributed by atoms with Gasteiger partial charge in [0.05, 0.1) is 6.04 Å². The van der Waals surface area contributed by atoms with Crippen LogP contribution in [0.4, 0.5) is 4.79 Å². The lowest BCUT2D eigenvalue weighted by Gasteiger charge is -2.31.